The second-order valence-corrected chi connectivity index (χ2v) is 9.05. The number of para-hydroxylation sites is 1. The smallest absolute Gasteiger partial charge is 0.337 e. The topological polar surface area (TPSA) is 92.0 Å². The Morgan fingerprint density at radius 1 is 1.15 bits per heavy atom. The monoisotopic (exact) mass is 480 g/mol. The molecular formula is C24H20N2O5S2. The predicted molar refractivity (Wildman–Crippen MR) is 132 cm³/mol. The summed E-state index contributed by atoms with van der Waals surface area (Å²) in [5.41, 5.74) is 4.00. The summed E-state index contributed by atoms with van der Waals surface area (Å²) >= 11 is 6.42. The first-order valence-electron chi connectivity index (χ1n) is 10.1. The molecule has 0 spiro atoms. The molecule has 9 heteroatoms. The molecule has 3 aromatic rings. The van der Waals surface area contributed by atoms with Gasteiger partial charge in [-0.15, -0.1) is 0 Å². The number of carbonyl (C=O) groups is 2. The minimum atomic E-state index is -1.11. The number of amides is 1. The molecule has 0 saturated carbocycles. The number of nitrogens with zero attached hydrogens (tertiary/aromatic N) is 1. The molecule has 0 aliphatic carbocycles. The Morgan fingerprint density at radius 2 is 1.88 bits per heavy atom. The van der Waals surface area contributed by atoms with E-state index in [4.69, 9.17) is 21.4 Å². The highest BCUT2D eigenvalue weighted by molar-refractivity contribution is 8.26. The maximum atomic E-state index is 12.9. The lowest BCUT2D eigenvalue weighted by molar-refractivity contribution is -0.121. The van der Waals surface area contributed by atoms with Gasteiger partial charge in [0.05, 0.1) is 22.3 Å². The van der Waals surface area contributed by atoms with Crippen LogP contribution in [0.3, 0.4) is 0 Å². The number of hydrogen-bond donors (Lipinski definition) is 2. The van der Waals surface area contributed by atoms with Gasteiger partial charge in [-0.25, -0.2) is 9.80 Å². The van der Waals surface area contributed by atoms with E-state index in [9.17, 15) is 14.7 Å². The zero-order chi connectivity index (χ0) is 23.5. The number of ether oxygens (including phenoxy) is 1. The summed E-state index contributed by atoms with van der Waals surface area (Å²) in [6.07, 6.45) is 1.71. The van der Waals surface area contributed by atoms with Crippen molar-refractivity contribution in [1.82, 2.24) is 5.01 Å². The van der Waals surface area contributed by atoms with E-state index in [0.717, 1.165) is 28.1 Å². The number of anilines is 1. The van der Waals surface area contributed by atoms with Gasteiger partial charge in [0.15, 0.2) is 4.32 Å². The first kappa shape index (κ1) is 22.6. The fourth-order valence-corrected chi connectivity index (χ4v) is 4.30. The Bertz CT molecular complexity index is 1250. The molecule has 0 unspecified atom stereocenters. The van der Waals surface area contributed by atoms with Crippen molar-refractivity contribution >= 4 is 51.9 Å². The van der Waals surface area contributed by atoms with E-state index in [1.165, 1.54) is 6.07 Å². The van der Waals surface area contributed by atoms with Crippen molar-refractivity contribution in [1.29, 1.82) is 0 Å². The van der Waals surface area contributed by atoms with Crippen LogP contribution in [0.2, 0.25) is 0 Å². The third-order valence-corrected chi connectivity index (χ3v) is 5.90. The SMILES string of the molecule is CC(C)Oc1ccc(-c2ccc(/C=C3/SC(=S)N(Nc4ccccc4C(=O)O)C3=O)o2)cc1. The average molecular weight is 481 g/mol. The van der Waals surface area contributed by atoms with Crippen LogP contribution < -0.4 is 10.2 Å². The van der Waals surface area contributed by atoms with Gasteiger partial charge in [-0.3, -0.25) is 10.2 Å². The zero-order valence-corrected chi connectivity index (χ0v) is 19.4. The Hall–Kier alpha value is -3.56. The van der Waals surface area contributed by atoms with E-state index >= 15 is 0 Å². The molecule has 1 fully saturated rings. The van der Waals surface area contributed by atoms with Crippen molar-refractivity contribution in [3.8, 4) is 17.1 Å². The molecule has 4 rings (SSSR count). The maximum Gasteiger partial charge on any atom is 0.337 e. The third kappa shape index (κ3) is 5.10. The van der Waals surface area contributed by atoms with Crippen molar-refractivity contribution in [3.63, 3.8) is 0 Å². The number of thioether (sulfide) groups is 1. The number of benzene rings is 2. The third-order valence-electron chi connectivity index (χ3n) is 4.59. The Balaban J connectivity index is 1.50. The molecular weight excluding hydrogens is 460 g/mol. The minimum absolute atomic E-state index is 0.0380. The number of thiocarbonyl (C=S) groups is 1. The molecule has 2 aromatic carbocycles. The molecule has 168 valence electrons. The van der Waals surface area contributed by atoms with Crippen LogP contribution in [-0.2, 0) is 4.79 Å². The molecule has 1 aliphatic rings. The molecule has 0 radical (unpaired) electrons. The number of carboxylic acid groups (broad SMARTS) is 1. The summed E-state index contributed by atoms with van der Waals surface area (Å²) < 4.78 is 11.8. The molecule has 7 nitrogen and oxygen atoms in total. The normalized spacial score (nSPS) is 14.9. The lowest BCUT2D eigenvalue weighted by Crippen LogP contribution is -2.34. The standard InChI is InChI=1S/C24H20N2O5S2/c1-14(2)30-16-9-7-15(8-10-16)20-12-11-17(31-20)13-21-22(27)26(24(32)33-21)25-19-6-4-3-5-18(19)23(28)29/h3-14,25H,1-2H3,(H,28,29)/b21-13+. The molecule has 2 N–H and O–H groups in total. The molecule has 33 heavy (non-hydrogen) atoms. The van der Waals surface area contributed by atoms with E-state index in [2.05, 4.69) is 5.43 Å². The van der Waals surface area contributed by atoms with Crippen LogP contribution >= 0.6 is 24.0 Å². The number of carbonyl (C=O) groups excluding carboxylic acids is 1. The van der Waals surface area contributed by atoms with Crippen LogP contribution in [-0.4, -0.2) is 32.4 Å². The summed E-state index contributed by atoms with van der Waals surface area (Å²) in [6, 6.07) is 17.5. The minimum Gasteiger partial charge on any atom is -0.491 e. The van der Waals surface area contributed by atoms with Gasteiger partial charge in [0, 0.05) is 11.6 Å². The van der Waals surface area contributed by atoms with Gasteiger partial charge in [0.2, 0.25) is 0 Å². The molecule has 1 aromatic heterocycles. The first-order chi connectivity index (χ1) is 15.8. The van der Waals surface area contributed by atoms with E-state index in [1.54, 1.807) is 30.3 Å². The fraction of sp³-hybridized carbons (Fsp3) is 0.125. The van der Waals surface area contributed by atoms with Crippen molar-refractivity contribution in [3.05, 3.63) is 76.9 Å². The van der Waals surface area contributed by atoms with Gasteiger partial charge in [-0.1, -0.05) is 23.9 Å². The molecule has 1 aliphatic heterocycles. The van der Waals surface area contributed by atoms with Gasteiger partial charge in [0.1, 0.15) is 17.3 Å². The Kier molecular flexibility index (Phi) is 6.52. The van der Waals surface area contributed by atoms with Crippen molar-refractivity contribution in [2.45, 2.75) is 20.0 Å². The summed E-state index contributed by atoms with van der Waals surface area (Å²) in [5, 5.41) is 10.5. The van der Waals surface area contributed by atoms with Gasteiger partial charge in [-0.05, 0) is 74.6 Å². The van der Waals surface area contributed by atoms with Crippen molar-refractivity contribution in [2.24, 2.45) is 0 Å². The van der Waals surface area contributed by atoms with E-state index < -0.39 is 11.9 Å². The van der Waals surface area contributed by atoms with Crippen LogP contribution in [0.25, 0.3) is 17.4 Å². The Labute approximate surface area is 200 Å². The van der Waals surface area contributed by atoms with E-state index in [1.807, 2.05) is 44.2 Å². The highest BCUT2D eigenvalue weighted by Gasteiger charge is 2.33. The molecule has 1 amide bonds. The van der Waals surface area contributed by atoms with Gasteiger partial charge in [0.25, 0.3) is 5.91 Å². The summed E-state index contributed by atoms with van der Waals surface area (Å²) in [7, 11) is 0. The number of aromatic carboxylic acids is 1. The summed E-state index contributed by atoms with van der Waals surface area (Å²) in [6.45, 7) is 3.94. The van der Waals surface area contributed by atoms with Crippen LogP contribution in [0.4, 0.5) is 5.69 Å². The number of carboxylic acids is 1. The molecule has 0 bridgehead atoms. The van der Waals surface area contributed by atoms with E-state index in [-0.39, 0.29) is 21.7 Å². The number of hydrazine groups is 1. The second-order valence-electron chi connectivity index (χ2n) is 7.37. The molecule has 2 heterocycles. The lowest BCUT2D eigenvalue weighted by Gasteiger charge is -2.18. The number of nitrogens with one attached hydrogen (secondary N) is 1. The highest BCUT2D eigenvalue weighted by atomic mass is 32.2. The summed E-state index contributed by atoms with van der Waals surface area (Å²) in [5.74, 6) is 0.436. The van der Waals surface area contributed by atoms with Gasteiger partial charge in [-0.2, -0.15) is 0 Å². The average Bonchev–Trinajstić information content (AvgIpc) is 3.34. The number of furan rings is 1. The predicted octanol–water partition coefficient (Wildman–Crippen LogP) is 5.66. The first-order valence-corrected chi connectivity index (χ1v) is 11.3. The summed E-state index contributed by atoms with van der Waals surface area (Å²) in [4.78, 5) is 24.7. The lowest BCUT2D eigenvalue weighted by atomic mass is 10.2. The largest absolute Gasteiger partial charge is 0.491 e. The zero-order valence-electron chi connectivity index (χ0n) is 17.8. The van der Waals surface area contributed by atoms with Gasteiger partial charge >= 0.3 is 5.97 Å². The maximum absolute atomic E-state index is 12.9. The van der Waals surface area contributed by atoms with Crippen molar-refractivity contribution < 1.29 is 23.8 Å². The van der Waals surface area contributed by atoms with Crippen LogP contribution in [0.1, 0.15) is 30.0 Å². The Morgan fingerprint density at radius 3 is 2.58 bits per heavy atom. The number of hydrogen-bond acceptors (Lipinski definition) is 7. The van der Waals surface area contributed by atoms with E-state index in [0.29, 0.717) is 16.4 Å². The number of rotatable bonds is 7. The van der Waals surface area contributed by atoms with Crippen LogP contribution in [0.15, 0.2) is 70.0 Å². The highest BCUT2D eigenvalue weighted by Crippen LogP contribution is 2.34. The van der Waals surface area contributed by atoms with Crippen molar-refractivity contribution in [2.75, 3.05) is 5.43 Å². The van der Waals surface area contributed by atoms with Crippen LogP contribution in [0.5, 0.6) is 5.75 Å². The second kappa shape index (κ2) is 9.51. The molecule has 0 atom stereocenters. The van der Waals surface area contributed by atoms with Crippen LogP contribution in [0, 0.1) is 0 Å². The fourth-order valence-electron chi connectivity index (χ4n) is 3.14. The quantitative estimate of drug-likeness (QED) is 0.331. The van der Waals surface area contributed by atoms with Gasteiger partial charge < -0.3 is 14.3 Å². The molecule has 1 saturated heterocycles.